The van der Waals surface area contributed by atoms with Crippen LogP contribution in [0.2, 0.25) is 5.02 Å². The first kappa shape index (κ1) is 18.9. The van der Waals surface area contributed by atoms with Gasteiger partial charge in [-0.3, -0.25) is 4.79 Å². The van der Waals surface area contributed by atoms with Gasteiger partial charge in [0.15, 0.2) is 0 Å². The summed E-state index contributed by atoms with van der Waals surface area (Å²) < 4.78 is 8.43. The van der Waals surface area contributed by atoms with Gasteiger partial charge in [0.2, 0.25) is 0 Å². The van der Waals surface area contributed by atoms with E-state index >= 15 is 0 Å². The Hall–Kier alpha value is -1.43. The third kappa shape index (κ3) is 3.91. The van der Waals surface area contributed by atoms with Gasteiger partial charge in [0.25, 0.3) is 0 Å². The summed E-state index contributed by atoms with van der Waals surface area (Å²) in [6, 6.07) is 12.3. The maximum absolute atomic E-state index is 12.0. The van der Waals surface area contributed by atoms with Crippen molar-refractivity contribution in [2.24, 2.45) is 0 Å². The fraction of sp³-hybridized carbons (Fsp3) is 0.286. The summed E-state index contributed by atoms with van der Waals surface area (Å²) in [6.07, 6.45) is 2.39. The van der Waals surface area contributed by atoms with Crippen molar-refractivity contribution in [3.8, 4) is 0 Å². The Morgan fingerprint density at radius 2 is 2.19 bits per heavy atom. The van der Waals surface area contributed by atoms with Crippen LogP contribution in [0.15, 0.2) is 52.0 Å². The smallest absolute Gasteiger partial charge is 0.310 e. The van der Waals surface area contributed by atoms with E-state index in [4.69, 9.17) is 16.3 Å². The number of ether oxygens (including phenoxy) is 1. The largest absolute Gasteiger partial charge is 0.466 e. The number of hydrogen-bond acceptors (Lipinski definition) is 3. The number of halogens is 2. The van der Waals surface area contributed by atoms with Crippen molar-refractivity contribution in [3.63, 3.8) is 0 Å². The van der Waals surface area contributed by atoms with Crippen LogP contribution < -0.4 is 0 Å². The summed E-state index contributed by atoms with van der Waals surface area (Å²) in [5.74, 6) is 1.25. The molecule has 1 aromatic heterocycles. The lowest BCUT2D eigenvalue weighted by molar-refractivity contribution is -0.142. The summed E-state index contributed by atoms with van der Waals surface area (Å²) in [5, 5.41) is 1.88. The van der Waals surface area contributed by atoms with Gasteiger partial charge in [-0.15, -0.1) is 11.8 Å². The Kier molecular flexibility index (Phi) is 5.53. The molecule has 4 rings (SSSR count). The van der Waals surface area contributed by atoms with Crippen LogP contribution in [0.5, 0.6) is 0 Å². The van der Waals surface area contributed by atoms with Gasteiger partial charge >= 0.3 is 5.97 Å². The number of fused-ring (bicyclic) bond motifs is 2. The number of nitrogens with zero attached hydrogens (tertiary/aromatic N) is 1. The summed E-state index contributed by atoms with van der Waals surface area (Å²) >= 11 is 11.7. The van der Waals surface area contributed by atoms with Crippen molar-refractivity contribution in [3.05, 3.63) is 63.2 Å². The van der Waals surface area contributed by atoms with Gasteiger partial charge in [0, 0.05) is 49.7 Å². The summed E-state index contributed by atoms with van der Waals surface area (Å²) in [7, 11) is 0. The zero-order valence-electron chi connectivity index (χ0n) is 14.9. The summed E-state index contributed by atoms with van der Waals surface area (Å²) in [4.78, 5) is 13.3. The van der Waals surface area contributed by atoms with Crippen molar-refractivity contribution >= 4 is 56.2 Å². The van der Waals surface area contributed by atoms with Gasteiger partial charge < -0.3 is 9.30 Å². The molecule has 0 amide bonds. The van der Waals surface area contributed by atoms with Gasteiger partial charge in [-0.2, -0.15) is 0 Å². The topological polar surface area (TPSA) is 31.2 Å². The molecule has 6 heteroatoms. The Bertz CT molecular complexity index is 1020. The highest BCUT2D eigenvalue weighted by molar-refractivity contribution is 9.10. The highest BCUT2D eigenvalue weighted by atomic mass is 79.9. The van der Waals surface area contributed by atoms with Crippen LogP contribution in [-0.4, -0.2) is 22.9 Å². The maximum atomic E-state index is 12.0. The molecule has 1 unspecified atom stereocenters. The number of carbonyl (C=O) groups is 1. The molecule has 0 bridgehead atoms. The molecule has 1 aliphatic heterocycles. The molecule has 2 aromatic carbocycles. The zero-order chi connectivity index (χ0) is 19.0. The fourth-order valence-electron chi connectivity index (χ4n) is 3.64. The molecule has 2 heterocycles. The predicted octanol–water partition coefficient (Wildman–Crippen LogP) is 6.05. The van der Waals surface area contributed by atoms with E-state index in [1.807, 2.05) is 30.8 Å². The number of hydrogen-bond donors (Lipinski definition) is 0. The van der Waals surface area contributed by atoms with Crippen molar-refractivity contribution < 1.29 is 9.53 Å². The molecular weight excluding hydrogens is 446 g/mol. The summed E-state index contributed by atoms with van der Waals surface area (Å²) in [6.45, 7) is 3.09. The first-order valence-corrected chi connectivity index (χ1v) is 11.1. The van der Waals surface area contributed by atoms with E-state index in [1.165, 1.54) is 10.5 Å². The quantitative estimate of drug-likeness (QED) is 0.431. The lowest BCUT2D eigenvalue weighted by Gasteiger charge is -2.13. The van der Waals surface area contributed by atoms with Crippen LogP contribution in [0.1, 0.15) is 24.0 Å². The van der Waals surface area contributed by atoms with Crippen molar-refractivity contribution in [1.29, 1.82) is 0 Å². The molecule has 0 saturated heterocycles. The number of benzene rings is 2. The molecule has 1 aliphatic rings. The Morgan fingerprint density at radius 3 is 3.00 bits per heavy atom. The first-order chi connectivity index (χ1) is 13.0. The molecule has 27 heavy (non-hydrogen) atoms. The van der Waals surface area contributed by atoms with E-state index in [0.717, 1.165) is 38.3 Å². The average Bonchev–Trinajstić information content (AvgIpc) is 3.17. The molecule has 3 nitrogen and oxygen atoms in total. The predicted molar refractivity (Wildman–Crippen MR) is 115 cm³/mol. The normalized spacial score (nSPS) is 15.9. The van der Waals surface area contributed by atoms with Gasteiger partial charge in [0.05, 0.1) is 13.0 Å². The molecule has 0 N–H and O–H groups in total. The second-order valence-corrected chi connectivity index (χ2v) is 9.05. The van der Waals surface area contributed by atoms with Gasteiger partial charge in [-0.1, -0.05) is 33.6 Å². The van der Waals surface area contributed by atoms with E-state index < -0.39 is 0 Å². The Balaban J connectivity index is 1.69. The SMILES string of the molecule is CCOC(=O)Cc1cn(CC2CSc3ccc(Cl)cc32)c2cc(Br)ccc12. The van der Waals surface area contributed by atoms with E-state index in [2.05, 4.69) is 51.0 Å². The van der Waals surface area contributed by atoms with Crippen molar-refractivity contribution in [2.45, 2.75) is 30.7 Å². The van der Waals surface area contributed by atoms with Crippen LogP contribution in [0.25, 0.3) is 10.9 Å². The number of carbonyl (C=O) groups excluding carboxylic acids is 1. The Morgan fingerprint density at radius 1 is 1.33 bits per heavy atom. The highest BCUT2D eigenvalue weighted by Gasteiger charge is 2.25. The minimum atomic E-state index is -0.187. The van der Waals surface area contributed by atoms with Crippen LogP contribution in [0.3, 0.4) is 0 Å². The van der Waals surface area contributed by atoms with Crippen molar-refractivity contribution in [1.82, 2.24) is 4.57 Å². The lowest BCUT2D eigenvalue weighted by atomic mass is 10.0. The molecule has 0 radical (unpaired) electrons. The minimum absolute atomic E-state index is 0.187. The van der Waals surface area contributed by atoms with Gasteiger partial charge in [-0.05, 0) is 48.4 Å². The number of aromatic nitrogens is 1. The van der Waals surface area contributed by atoms with Gasteiger partial charge in [0.1, 0.15) is 0 Å². The highest BCUT2D eigenvalue weighted by Crippen LogP contribution is 2.42. The molecule has 1 atom stereocenters. The molecule has 0 spiro atoms. The standard InChI is InChI=1S/C21H19BrClNO2S/c1-2-26-21(25)7-13-10-24(19-8-15(22)3-5-17(13)19)11-14-12-27-20-6-4-16(23)9-18(14)20/h3-6,8-10,14H,2,7,11-12H2,1H3. The molecule has 140 valence electrons. The fourth-order valence-corrected chi connectivity index (χ4v) is 5.39. The van der Waals surface area contributed by atoms with E-state index in [-0.39, 0.29) is 5.97 Å². The maximum Gasteiger partial charge on any atom is 0.310 e. The minimum Gasteiger partial charge on any atom is -0.466 e. The van der Waals surface area contributed by atoms with E-state index in [9.17, 15) is 4.79 Å². The van der Waals surface area contributed by atoms with Crippen LogP contribution in [-0.2, 0) is 22.5 Å². The number of thioether (sulfide) groups is 1. The van der Waals surface area contributed by atoms with Crippen LogP contribution >= 0.6 is 39.3 Å². The Labute approximate surface area is 176 Å². The average molecular weight is 465 g/mol. The third-order valence-corrected chi connectivity index (χ3v) is 6.82. The number of rotatable bonds is 5. The van der Waals surface area contributed by atoms with E-state index in [0.29, 0.717) is 18.9 Å². The summed E-state index contributed by atoms with van der Waals surface area (Å²) in [5.41, 5.74) is 3.45. The lowest BCUT2D eigenvalue weighted by Crippen LogP contribution is -2.09. The van der Waals surface area contributed by atoms with Crippen molar-refractivity contribution in [2.75, 3.05) is 12.4 Å². The molecular formula is C21H19BrClNO2S. The van der Waals surface area contributed by atoms with Gasteiger partial charge in [-0.25, -0.2) is 0 Å². The second-order valence-electron chi connectivity index (χ2n) is 6.64. The first-order valence-electron chi connectivity index (χ1n) is 8.90. The van der Waals surface area contributed by atoms with Crippen LogP contribution in [0.4, 0.5) is 0 Å². The third-order valence-electron chi connectivity index (χ3n) is 4.84. The molecule has 0 saturated carbocycles. The van der Waals surface area contributed by atoms with E-state index in [1.54, 1.807) is 0 Å². The number of esters is 1. The molecule has 3 aromatic rings. The zero-order valence-corrected chi connectivity index (χ0v) is 18.0. The monoisotopic (exact) mass is 463 g/mol. The molecule has 0 fully saturated rings. The van der Waals surface area contributed by atoms with Crippen LogP contribution in [0, 0.1) is 0 Å². The molecule has 0 aliphatic carbocycles. The second kappa shape index (κ2) is 7.90.